The van der Waals surface area contributed by atoms with Gasteiger partial charge in [-0.15, -0.1) is 11.3 Å². The van der Waals surface area contributed by atoms with Gasteiger partial charge in [-0.05, 0) is 25.8 Å². The van der Waals surface area contributed by atoms with Crippen LogP contribution in [0.5, 0.6) is 0 Å². The van der Waals surface area contributed by atoms with Crippen molar-refractivity contribution in [2.45, 2.75) is 42.6 Å². The summed E-state index contributed by atoms with van der Waals surface area (Å²) in [6.45, 7) is 2.91. The van der Waals surface area contributed by atoms with Crippen molar-refractivity contribution in [2.75, 3.05) is 25.6 Å². The topological polar surface area (TPSA) is 155 Å². The first kappa shape index (κ1) is 26.2. The molecule has 202 valence electrons. The molecule has 13 nitrogen and oxygen atoms in total. The Balaban J connectivity index is 1.58. The minimum Gasteiger partial charge on any atom is -0.383 e. The highest BCUT2D eigenvalue weighted by Crippen LogP contribution is 2.37. The number of fused-ring (bicyclic) bond motifs is 1. The summed E-state index contributed by atoms with van der Waals surface area (Å²) >= 11 is 0.898. The number of sulfonamides is 1. The minimum absolute atomic E-state index is 0.00540. The summed E-state index contributed by atoms with van der Waals surface area (Å²) in [6, 6.07) is 1.35. The largest absolute Gasteiger partial charge is 0.383 e. The molecule has 0 atom stereocenters. The molecule has 0 radical (unpaired) electrons. The predicted molar refractivity (Wildman–Crippen MR) is 142 cm³/mol. The van der Waals surface area contributed by atoms with Gasteiger partial charge in [0.25, 0.3) is 15.6 Å². The Morgan fingerprint density at radius 3 is 2.45 bits per heavy atom. The monoisotopic (exact) mass is 560 g/mol. The number of nitrogens with one attached hydrogen (secondary N) is 2. The van der Waals surface area contributed by atoms with Crippen molar-refractivity contribution in [3.63, 3.8) is 0 Å². The van der Waals surface area contributed by atoms with Crippen molar-refractivity contribution in [2.24, 2.45) is 7.05 Å². The first-order valence-corrected chi connectivity index (χ1v) is 14.2. The molecule has 1 saturated carbocycles. The molecule has 0 aromatic carbocycles. The van der Waals surface area contributed by atoms with Gasteiger partial charge in [-0.25, -0.2) is 27.9 Å². The molecule has 4 aromatic heterocycles. The lowest BCUT2D eigenvalue weighted by molar-refractivity contribution is 0.210. The van der Waals surface area contributed by atoms with Gasteiger partial charge in [0.05, 0.1) is 31.3 Å². The zero-order valence-corrected chi connectivity index (χ0v) is 22.8. The molecule has 0 amide bonds. The smallest absolute Gasteiger partial charge is 0.332 e. The first-order chi connectivity index (χ1) is 18.1. The molecular formula is C23H28N8O5S2. The van der Waals surface area contributed by atoms with E-state index in [1.54, 1.807) is 43.6 Å². The lowest BCUT2D eigenvalue weighted by atomic mass is 10.3. The summed E-state index contributed by atoms with van der Waals surface area (Å²) in [6.07, 6.45) is 7.95. The van der Waals surface area contributed by atoms with Gasteiger partial charge in [0.15, 0.2) is 0 Å². The maximum atomic E-state index is 13.6. The number of thiophene rings is 1. The van der Waals surface area contributed by atoms with Crippen molar-refractivity contribution in [1.82, 2.24) is 33.6 Å². The van der Waals surface area contributed by atoms with Crippen LogP contribution in [-0.4, -0.2) is 63.1 Å². The third kappa shape index (κ3) is 5.41. The molecule has 15 heteroatoms. The molecule has 0 saturated heterocycles. The highest BCUT2D eigenvalue weighted by atomic mass is 32.2. The fraction of sp³-hybridized carbons (Fsp3) is 0.435. The van der Waals surface area contributed by atoms with Gasteiger partial charge >= 0.3 is 5.69 Å². The molecule has 0 unspecified atom stereocenters. The molecule has 1 aliphatic rings. The number of methoxy groups -OCH3 is 1. The Morgan fingerprint density at radius 1 is 1.11 bits per heavy atom. The SMILES string of the molecule is COCCNc1ncc(Cn2c(=O)n(Cc3cnn(C)c3)c(=O)c3cc(S(=O)(=O)NC4(C)CC4)sc32)cn1. The van der Waals surface area contributed by atoms with E-state index >= 15 is 0 Å². The van der Waals surface area contributed by atoms with Crippen LogP contribution >= 0.6 is 11.3 Å². The number of ether oxygens (including phenoxy) is 1. The summed E-state index contributed by atoms with van der Waals surface area (Å²) in [5.41, 5.74) is -0.334. The molecular weight excluding hydrogens is 532 g/mol. The second-order valence-electron chi connectivity index (χ2n) is 9.57. The van der Waals surface area contributed by atoms with Crippen LogP contribution < -0.4 is 21.3 Å². The van der Waals surface area contributed by atoms with Crippen molar-refractivity contribution in [3.8, 4) is 0 Å². The van der Waals surface area contributed by atoms with E-state index in [0.717, 1.165) is 28.7 Å². The second-order valence-corrected chi connectivity index (χ2v) is 12.5. The standard InChI is InChI=1S/C23H28N8O5S2/c1-23(4-5-23)28-38(34,35)18-8-17-19(32)30(14-16-11-27-29(2)12-16)22(33)31(20(17)37-18)13-15-9-25-21(26-10-15)24-6-7-36-3/h8-12,28H,4-7,13-14H2,1-3H3,(H,24,25,26). The van der Waals surface area contributed by atoms with Gasteiger partial charge in [0.2, 0.25) is 5.95 Å². The zero-order valence-electron chi connectivity index (χ0n) is 21.2. The molecule has 0 spiro atoms. The Morgan fingerprint density at radius 2 is 1.82 bits per heavy atom. The molecule has 2 N–H and O–H groups in total. The fourth-order valence-electron chi connectivity index (χ4n) is 3.96. The summed E-state index contributed by atoms with van der Waals surface area (Å²) in [4.78, 5) is 35.9. The van der Waals surface area contributed by atoms with Gasteiger partial charge in [0.1, 0.15) is 9.04 Å². The average molecular weight is 561 g/mol. The molecule has 38 heavy (non-hydrogen) atoms. The van der Waals surface area contributed by atoms with E-state index in [0.29, 0.717) is 30.2 Å². The number of aryl methyl sites for hydroxylation is 1. The lowest BCUT2D eigenvalue weighted by Crippen LogP contribution is -2.40. The van der Waals surface area contributed by atoms with Gasteiger partial charge in [-0.2, -0.15) is 5.10 Å². The normalized spacial score (nSPS) is 14.7. The predicted octanol–water partition coefficient (Wildman–Crippen LogP) is 0.734. The highest BCUT2D eigenvalue weighted by Gasteiger charge is 2.41. The maximum Gasteiger partial charge on any atom is 0.332 e. The summed E-state index contributed by atoms with van der Waals surface area (Å²) in [7, 11) is -0.534. The summed E-state index contributed by atoms with van der Waals surface area (Å²) in [5, 5.41) is 7.29. The van der Waals surface area contributed by atoms with Gasteiger partial charge in [-0.1, -0.05) is 0 Å². The fourth-order valence-corrected chi connectivity index (χ4v) is 6.87. The van der Waals surface area contributed by atoms with E-state index in [1.807, 2.05) is 6.92 Å². The number of anilines is 1. The third-order valence-electron chi connectivity index (χ3n) is 6.25. The van der Waals surface area contributed by atoms with Crippen molar-refractivity contribution < 1.29 is 13.2 Å². The number of rotatable bonds is 11. The Labute approximate surface area is 222 Å². The molecule has 4 aromatic rings. The Hall–Kier alpha value is -3.40. The van der Waals surface area contributed by atoms with E-state index in [1.165, 1.54) is 10.6 Å². The molecule has 1 fully saturated rings. The molecule has 1 aliphatic carbocycles. The number of hydrogen-bond acceptors (Lipinski definition) is 10. The molecule has 0 aliphatic heterocycles. The van der Waals surface area contributed by atoms with E-state index in [9.17, 15) is 18.0 Å². The Bertz CT molecular complexity index is 1700. The van der Waals surface area contributed by atoms with Crippen LogP contribution in [0, 0.1) is 0 Å². The van der Waals surface area contributed by atoms with Gasteiger partial charge in [0, 0.05) is 56.0 Å². The van der Waals surface area contributed by atoms with Crippen LogP contribution in [0.25, 0.3) is 10.2 Å². The molecule has 4 heterocycles. The van der Waals surface area contributed by atoms with E-state index < -0.39 is 26.8 Å². The van der Waals surface area contributed by atoms with E-state index in [2.05, 4.69) is 25.1 Å². The number of nitrogens with zero attached hydrogens (tertiary/aromatic N) is 6. The first-order valence-electron chi connectivity index (χ1n) is 11.9. The summed E-state index contributed by atoms with van der Waals surface area (Å²) in [5.74, 6) is 0.411. The van der Waals surface area contributed by atoms with Crippen LogP contribution in [0.15, 0.2) is 44.7 Å². The van der Waals surface area contributed by atoms with Crippen LogP contribution in [0.1, 0.15) is 30.9 Å². The highest BCUT2D eigenvalue weighted by molar-refractivity contribution is 7.91. The van der Waals surface area contributed by atoms with Crippen molar-refractivity contribution in [1.29, 1.82) is 0 Å². The quantitative estimate of drug-likeness (QED) is 0.253. The number of aromatic nitrogens is 6. The lowest BCUT2D eigenvalue weighted by Gasteiger charge is -2.12. The van der Waals surface area contributed by atoms with Crippen molar-refractivity contribution in [3.05, 3.63) is 62.8 Å². The van der Waals surface area contributed by atoms with Crippen molar-refractivity contribution >= 4 is 37.5 Å². The van der Waals surface area contributed by atoms with Crippen LogP contribution in [0.2, 0.25) is 0 Å². The van der Waals surface area contributed by atoms with Crippen LogP contribution in [-0.2, 0) is 34.9 Å². The average Bonchev–Trinajstić information content (AvgIpc) is 3.24. The Kier molecular flexibility index (Phi) is 6.94. The van der Waals surface area contributed by atoms with E-state index in [-0.39, 0.29) is 27.5 Å². The van der Waals surface area contributed by atoms with Gasteiger partial charge in [-0.3, -0.25) is 18.6 Å². The van der Waals surface area contributed by atoms with Crippen LogP contribution in [0.4, 0.5) is 5.95 Å². The summed E-state index contributed by atoms with van der Waals surface area (Å²) < 4.78 is 38.0. The zero-order chi connectivity index (χ0) is 27.1. The van der Waals surface area contributed by atoms with Gasteiger partial charge < -0.3 is 10.1 Å². The third-order valence-corrected chi connectivity index (χ3v) is 9.52. The number of hydrogen-bond donors (Lipinski definition) is 2. The second kappa shape index (κ2) is 10.1. The molecule has 5 rings (SSSR count). The molecule has 0 bridgehead atoms. The van der Waals surface area contributed by atoms with Crippen LogP contribution in [0.3, 0.4) is 0 Å². The minimum atomic E-state index is -3.87. The maximum absolute atomic E-state index is 13.6. The van der Waals surface area contributed by atoms with E-state index in [4.69, 9.17) is 4.74 Å².